The minimum atomic E-state index is -1.34. The molecule has 3 aromatic carbocycles. The second-order valence-corrected chi connectivity index (χ2v) is 7.48. The first-order chi connectivity index (χ1) is 12.7. The minimum absolute atomic E-state index is 0.0102. The van der Waals surface area contributed by atoms with Gasteiger partial charge in [0.25, 0.3) is 0 Å². The SMILES string of the molecule is O=C(CS(=O)c1ccccc1)N(Cc1ccccc1)Cc1ccccc1. The van der Waals surface area contributed by atoms with E-state index in [2.05, 4.69) is 0 Å². The monoisotopic (exact) mass is 363 g/mol. The zero-order valence-corrected chi connectivity index (χ0v) is 15.3. The predicted molar refractivity (Wildman–Crippen MR) is 105 cm³/mol. The highest BCUT2D eigenvalue weighted by atomic mass is 32.2. The molecule has 0 radical (unpaired) electrons. The molecule has 3 nitrogen and oxygen atoms in total. The standard InChI is InChI=1S/C22H21NO2S/c24-22(18-26(25)21-14-8-3-9-15-21)23(16-19-10-4-1-5-11-19)17-20-12-6-2-7-13-20/h1-15H,16-18H2. The summed E-state index contributed by atoms with van der Waals surface area (Å²) in [6.45, 7) is 1.00. The Morgan fingerprint density at radius 3 is 1.58 bits per heavy atom. The molecule has 0 aliphatic carbocycles. The number of rotatable bonds is 7. The lowest BCUT2D eigenvalue weighted by Crippen LogP contribution is -2.33. The minimum Gasteiger partial charge on any atom is -0.333 e. The average molecular weight is 363 g/mol. The molecule has 3 aromatic rings. The Morgan fingerprint density at radius 1 is 0.692 bits per heavy atom. The summed E-state index contributed by atoms with van der Waals surface area (Å²) in [5, 5.41) is 0. The highest BCUT2D eigenvalue weighted by molar-refractivity contribution is 7.85. The lowest BCUT2D eigenvalue weighted by molar-refractivity contribution is -0.129. The van der Waals surface area contributed by atoms with Crippen LogP contribution in [-0.4, -0.2) is 20.8 Å². The molecular weight excluding hydrogens is 342 g/mol. The number of hydrogen-bond acceptors (Lipinski definition) is 2. The quantitative estimate of drug-likeness (QED) is 0.636. The van der Waals surface area contributed by atoms with E-state index in [1.54, 1.807) is 17.0 Å². The molecule has 132 valence electrons. The predicted octanol–water partition coefficient (Wildman–Crippen LogP) is 4.02. The molecule has 0 saturated carbocycles. The van der Waals surface area contributed by atoms with Gasteiger partial charge in [-0.05, 0) is 23.3 Å². The summed E-state index contributed by atoms with van der Waals surface area (Å²) in [5.41, 5.74) is 2.12. The summed E-state index contributed by atoms with van der Waals surface area (Å²) in [7, 11) is -1.34. The highest BCUT2D eigenvalue weighted by Crippen LogP contribution is 2.13. The van der Waals surface area contributed by atoms with E-state index in [4.69, 9.17) is 0 Å². The molecule has 1 amide bonds. The second kappa shape index (κ2) is 9.11. The zero-order valence-electron chi connectivity index (χ0n) is 14.5. The fraction of sp³-hybridized carbons (Fsp3) is 0.136. The molecule has 0 N–H and O–H groups in total. The third kappa shape index (κ3) is 5.14. The number of benzene rings is 3. The van der Waals surface area contributed by atoms with Gasteiger partial charge in [0.2, 0.25) is 5.91 Å². The molecule has 1 unspecified atom stereocenters. The molecule has 0 bridgehead atoms. The van der Waals surface area contributed by atoms with E-state index in [1.165, 1.54) is 0 Å². The molecule has 0 spiro atoms. The van der Waals surface area contributed by atoms with Gasteiger partial charge < -0.3 is 4.90 Å². The van der Waals surface area contributed by atoms with Crippen LogP contribution in [0.4, 0.5) is 0 Å². The Morgan fingerprint density at radius 2 is 1.12 bits per heavy atom. The molecule has 0 fully saturated rings. The Balaban J connectivity index is 1.75. The summed E-state index contributed by atoms with van der Waals surface area (Å²) in [6.07, 6.45) is 0. The Bertz CT molecular complexity index is 810. The van der Waals surface area contributed by atoms with Crippen molar-refractivity contribution in [3.63, 3.8) is 0 Å². The summed E-state index contributed by atoms with van der Waals surface area (Å²) < 4.78 is 12.5. The van der Waals surface area contributed by atoms with Gasteiger partial charge in [0, 0.05) is 18.0 Å². The van der Waals surface area contributed by atoms with Crippen molar-refractivity contribution in [2.75, 3.05) is 5.75 Å². The van der Waals surface area contributed by atoms with Crippen LogP contribution in [0.15, 0.2) is 95.9 Å². The topological polar surface area (TPSA) is 37.4 Å². The summed E-state index contributed by atoms with van der Waals surface area (Å²) >= 11 is 0. The van der Waals surface area contributed by atoms with E-state index in [1.807, 2.05) is 78.9 Å². The lowest BCUT2D eigenvalue weighted by atomic mass is 10.1. The first-order valence-corrected chi connectivity index (χ1v) is 9.83. The number of hydrogen-bond donors (Lipinski definition) is 0. The third-order valence-corrected chi connectivity index (χ3v) is 5.35. The van der Waals surface area contributed by atoms with Gasteiger partial charge >= 0.3 is 0 Å². The van der Waals surface area contributed by atoms with Crippen molar-refractivity contribution < 1.29 is 9.00 Å². The number of amides is 1. The fourth-order valence-electron chi connectivity index (χ4n) is 2.70. The Kier molecular flexibility index (Phi) is 6.34. The van der Waals surface area contributed by atoms with Crippen LogP contribution in [0.25, 0.3) is 0 Å². The molecule has 0 aliphatic heterocycles. The van der Waals surface area contributed by atoms with Crippen molar-refractivity contribution in [2.45, 2.75) is 18.0 Å². The largest absolute Gasteiger partial charge is 0.333 e. The number of carbonyl (C=O) groups excluding carboxylic acids is 1. The van der Waals surface area contributed by atoms with Crippen molar-refractivity contribution in [3.8, 4) is 0 Å². The zero-order chi connectivity index (χ0) is 18.2. The van der Waals surface area contributed by atoms with Crippen LogP contribution < -0.4 is 0 Å². The summed E-state index contributed by atoms with van der Waals surface area (Å²) in [5.74, 6) is -0.121. The van der Waals surface area contributed by atoms with E-state index < -0.39 is 10.8 Å². The van der Waals surface area contributed by atoms with Crippen molar-refractivity contribution in [1.29, 1.82) is 0 Å². The second-order valence-electron chi connectivity index (χ2n) is 6.02. The van der Waals surface area contributed by atoms with E-state index in [0.29, 0.717) is 18.0 Å². The third-order valence-electron chi connectivity index (χ3n) is 4.05. The Labute approximate surface area is 156 Å². The maximum Gasteiger partial charge on any atom is 0.236 e. The molecule has 4 heteroatoms. The molecule has 0 aromatic heterocycles. The van der Waals surface area contributed by atoms with Gasteiger partial charge in [-0.2, -0.15) is 0 Å². The average Bonchev–Trinajstić information content (AvgIpc) is 2.69. The van der Waals surface area contributed by atoms with E-state index in [0.717, 1.165) is 11.1 Å². The maximum atomic E-state index is 12.9. The summed E-state index contributed by atoms with van der Waals surface area (Å²) in [6, 6.07) is 28.9. The molecule has 1 atom stereocenters. The van der Waals surface area contributed by atoms with E-state index in [-0.39, 0.29) is 11.7 Å². The molecule has 26 heavy (non-hydrogen) atoms. The molecule has 0 heterocycles. The summed E-state index contributed by atoms with van der Waals surface area (Å²) in [4.78, 5) is 15.3. The first kappa shape index (κ1) is 18.1. The van der Waals surface area contributed by atoms with E-state index in [9.17, 15) is 9.00 Å². The molecule has 0 saturated heterocycles. The first-order valence-electron chi connectivity index (χ1n) is 8.51. The van der Waals surface area contributed by atoms with Gasteiger partial charge in [-0.1, -0.05) is 78.9 Å². The van der Waals surface area contributed by atoms with Crippen molar-refractivity contribution >= 4 is 16.7 Å². The number of carbonyl (C=O) groups is 1. The van der Waals surface area contributed by atoms with Gasteiger partial charge in [0.15, 0.2) is 0 Å². The van der Waals surface area contributed by atoms with Crippen LogP contribution in [0.3, 0.4) is 0 Å². The van der Waals surface area contributed by atoms with Gasteiger partial charge in [-0.25, -0.2) is 0 Å². The molecular formula is C22H21NO2S. The van der Waals surface area contributed by atoms with Crippen LogP contribution in [-0.2, 0) is 28.7 Å². The van der Waals surface area contributed by atoms with Gasteiger partial charge in [0.1, 0.15) is 5.75 Å². The molecule has 0 aliphatic rings. The smallest absolute Gasteiger partial charge is 0.236 e. The van der Waals surface area contributed by atoms with Crippen molar-refractivity contribution in [1.82, 2.24) is 4.90 Å². The van der Waals surface area contributed by atoms with Crippen LogP contribution in [0, 0.1) is 0 Å². The normalized spacial score (nSPS) is 11.7. The van der Waals surface area contributed by atoms with Crippen molar-refractivity contribution in [2.24, 2.45) is 0 Å². The Hall–Kier alpha value is -2.72. The van der Waals surface area contributed by atoms with Crippen molar-refractivity contribution in [3.05, 3.63) is 102 Å². The lowest BCUT2D eigenvalue weighted by Gasteiger charge is -2.23. The maximum absolute atomic E-state index is 12.9. The van der Waals surface area contributed by atoms with Crippen LogP contribution >= 0.6 is 0 Å². The van der Waals surface area contributed by atoms with Crippen LogP contribution in [0.1, 0.15) is 11.1 Å². The van der Waals surface area contributed by atoms with E-state index >= 15 is 0 Å². The number of nitrogens with zero attached hydrogens (tertiary/aromatic N) is 1. The highest BCUT2D eigenvalue weighted by Gasteiger charge is 2.18. The fourth-order valence-corrected chi connectivity index (χ4v) is 3.73. The van der Waals surface area contributed by atoms with Crippen LogP contribution in [0.2, 0.25) is 0 Å². The molecule has 3 rings (SSSR count). The van der Waals surface area contributed by atoms with Gasteiger partial charge in [0.05, 0.1) is 10.8 Å². The van der Waals surface area contributed by atoms with Gasteiger partial charge in [-0.3, -0.25) is 9.00 Å². The van der Waals surface area contributed by atoms with Crippen LogP contribution in [0.5, 0.6) is 0 Å². The van der Waals surface area contributed by atoms with Gasteiger partial charge in [-0.15, -0.1) is 0 Å².